The molecule has 0 unspecified atom stereocenters. The van der Waals surface area contributed by atoms with Gasteiger partial charge in [0, 0.05) is 104 Å². The van der Waals surface area contributed by atoms with Gasteiger partial charge >= 0.3 is 0 Å². The zero-order valence-corrected chi connectivity index (χ0v) is 60.5. The van der Waals surface area contributed by atoms with Crippen molar-refractivity contribution in [1.82, 2.24) is 0 Å². The number of aromatic nitrogens is 5. The highest BCUT2D eigenvalue weighted by Gasteiger charge is 2.28. The zero-order chi connectivity index (χ0) is 75.0. The summed E-state index contributed by atoms with van der Waals surface area (Å²) in [5.41, 5.74) is 29.0. The summed E-state index contributed by atoms with van der Waals surface area (Å²) in [5, 5.41) is 0. The Balaban J connectivity index is 0.000000140. The summed E-state index contributed by atoms with van der Waals surface area (Å²) < 4.78 is 74.7. The van der Waals surface area contributed by atoms with Crippen LogP contribution in [0.25, 0.3) is 56.3 Å². The molecule has 5 aromatic heterocycles. The smallest absolute Gasteiger partial charge is 0.201 e. The fourth-order valence-corrected chi connectivity index (χ4v) is 15.5. The second-order valence-electron chi connectivity index (χ2n) is 28.3. The maximum Gasteiger partial charge on any atom is 0.212 e. The van der Waals surface area contributed by atoms with Crippen LogP contribution in [0.1, 0.15) is 221 Å². The molecule has 10 aromatic rings. The van der Waals surface area contributed by atoms with E-state index >= 15 is 0 Å². The molecule has 0 aliphatic heterocycles. The molecule has 14 rings (SSSR count). The first-order valence-corrected chi connectivity index (χ1v) is 35.7. The van der Waals surface area contributed by atoms with E-state index in [-0.39, 0.29) is 5.89 Å². The van der Waals surface area contributed by atoms with Crippen LogP contribution >= 0.6 is 0 Å². The molecule has 5 nitrogen and oxygen atoms in total. The Morgan fingerprint density at radius 2 is 0.615 bits per heavy atom. The van der Waals surface area contributed by atoms with E-state index in [2.05, 4.69) is 205 Å². The third-order valence-corrected chi connectivity index (χ3v) is 21.1. The van der Waals surface area contributed by atoms with Crippen LogP contribution in [0.3, 0.4) is 0 Å². The standard InChI is InChI=1S/4C19H24N.C15H18N/c2*1-14-8-4-7-11-17(14)19-12-18(15(2)13-20(19)3)16-9-5-6-10-16;2*1-14-8-4-7-11-17(14)19-12-15(2)18(13-20(19)3)16-9-5-6-10-16;1-11-9-13(3)16(4)15(10-11)14-8-6-5-7-12(14)2/h4*4,7-8,11-13,16H,5-6,9-10H2,1-3H3;5-10H,1-4H3/q5*+1/i2D3,16D;;16D;;3D3. The normalized spacial score (nSPS) is 17.0. The van der Waals surface area contributed by atoms with Crippen molar-refractivity contribution >= 4 is 0 Å². The number of nitrogens with zero attached hydrogens (tertiary/aromatic N) is 5. The molecular formula is C91H114N5+5. The second kappa shape index (κ2) is 32.7. The predicted octanol–water partition coefficient (Wildman–Crippen LogP) is 20.9. The first-order valence-electron chi connectivity index (χ1n) is 39.7. The summed E-state index contributed by atoms with van der Waals surface area (Å²) in [6, 6.07) is 54.7. The zero-order valence-electron chi connectivity index (χ0n) is 68.5. The molecule has 5 heterocycles. The summed E-state index contributed by atoms with van der Waals surface area (Å²) in [4.78, 5) is 0. The Kier molecular flexibility index (Phi) is 20.5. The molecular weight excluding hydrogens is 1160 g/mol. The molecule has 5 aromatic carbocycles. The topological polar surface area (TPSA) is 19.4 Å². The van der Waals surface area contributed by atoms with E-state index in [4.69, 9.17) is 11.0 Å². The summed E-state index contributed by atoms with van der Waals surface area (Å²) >= 11 is 0. The summed E-state index contributed by atoms with van der Waals surface area (Å²) in [7, 11) is 10.1. The van der Waals surface area contributed by atoms with Gasteiger partial charge in [0.1, 0.15) is 35.2 Å². The lowest BCUT2D eigenvalue weighted by molar-refractivity contribution is -0.666. The van der Waals surface area contributed by atoms with E-state index in [1.807, 2.05) is 81.0 Å². The lowest BCUT2D eigenvalue weighted by Gasteiger charge is -2.14. The van der Waals surface area contributed by atoms with Gasteiger partial charge in [0.2, 0.25) is 28.5 Å². The van der Waals surface area contributed by atoms with Crippen LogP contribution in [0, 0.1) is 76.0 Å². The fourth-order valence-electron chi connectivity index (χ4n) is 15.5. The molecule has 5 heteroatoms. The van der Waals surface area contributed by atoms with Crippen molar-refractivity contribution in [3.05, 3.63) is 266 Å². The minimum absolute atomic E-state index is 0.319. The Hall–Kier alpha value is -8.15. The van der Waals surface area contributed by atoms with Crippen molar-refractivity contribution in [2.24, 2.45) is 35.2 Å². The highest BCUT2D eigenvalue weighted by molar-refractivity contribution is 5.65. The highest BCUT2D eigenvalue weighted by atomic mass is 15.0. The molecule has 0 bridgehead atoms. The van der Waals surface area contributed by atoms with E-state index in [1.54, 1.807) is 28.0 Å². The molecule has 0 atom stereocenters. The van der Waals surface area contributed by atoms with Crippen molar-refractivity contribution in [1.29, 1.82) is 0 Å². The molecule has 0 saturated heterocycles. The van der Waals surface area contributed by atoms with Gasteiger partial charge in [0.15, 0.2) is 30.5 Å². The summed E-state index contributed by atoms with van der Waals surface area (Å²) in [6.45, 7) is 15.0. The number of pyridine rings is 5. The number of rotatable bonds is 9. The van der Waals surface area contributed by atoms with Crippen LogP contribution in [-0.2, 0) is 35.2 Å². The van der Waals surface area contributed by atoms with E-state index in [0.29, 0.717) is 16.8 Å². The van der Waals surface area contributed by atoms with Crippen LogP contribution in [0.2, 0.25) is 0 Å². The van der Waals surface area contributed by atoms with E-state index < -0.39 is 19.6 Å². The van der Waals surface area contributed by atoms with Gasteiger partial charge in [-0.15, -0.1) is 0 Å². The van der Waals surface area contributed by atoms with Gasteiger partial charge in [-0.1, -0.05) is 142 Å². The summed E-state index contributed by atoms with van der Waals surface area (Å²) in [6.07, 6.45) is 27.4. The minimum Gasteiger partial charge on any atom is -0.201 e. The van der Waals surface area contributed by atoms with Crippen molar-refractivity contribution < 1.29 is 33.8 Å². The quantitative estimate of drug-likeness (QED) is 0.128. The predicted molar refractivity (Wildman–Crippen MR) is 402 cm³/mol. The van der Waals surface area contributed by atoms with Gasteiger partial charge in [-0.25, -0.2) is 18.3 Å². The third kappa shape index (κ3) is 17.0. The van der Waals surface area contributed by atoms with Crippen molar-refractivity contribution in [3.63, 3.8) is 0 Å². The fraction of sp³-hybridized carbons (Fsp3) is 0.396. The lowest BCUT2D eigenvalue weighted by Crippen LogP contribution is -2.34. The van der Waals surface area contributed by atoms with Gasteiger partial charge in [-0.2, -0.15) is 4.57 Å². The van der Waals surface area contributed by atoms with Crippen LogP contribution in [0.4, 0.5) is 0 Å². The van der Waals surface area contributed by atoms with Crippen molar-refractivity contribution in [3.8, 4) is 56.3 Å². The van der Waals surface area contributed by atoms with Crippen LogP contribution in [0.15, 0.2) is 183 Å². The Bertz CT molecular complexity index is 4660. The Morgan fingerprint density at radius 3 is 1.02 bits per heavy atom. The van der Waals surface area contributed by atoms with Gasteiger partial charge in [-0.3, -0.25) is 0 Å². The number of benzene rings is 5. The lowest BCUT2D eigenvalue weighted by atomic mass is 9.92. The second-order valence-corrected chi connectivity index (χ2v) is 28.3. The molecule has 0 spiro atoms. The Labute approximate surface area is 590 Å². The molecule has 4 aliphatic rings. The average Bonchev–Trinajstić information content (AvgIpc) is 1.25. The Morgan fingerprint density at radius 1 is 0.292 bits per heavy atom. The SMILES string of the molecule is Cc1ccccc1-c1cc(C)c(C2CCCC2)c[n+]1C.Cc1ccccc1-c1cc(C2CCCC2)c(C)c[n+]1C.[2H]C([2H])([2H])c1c[n+](C)c(-c2ccccc2C)cc1C1([2H])CCCC1.[2H]C([2H])([2H])c1cc(C)cc(-c2ccccc2C)[n+]1C.[2H]C1(c2c[n+](C)c(-c3ccccc3C)cc2C)CCCC1. The largest absolute Gasteiger partial charge is 0.212 e. The monoisotopic (exact) mass is 1280 g/mol. The maximum atomic E-state index is 8.87. The van der Waals surface area contributed by atoms with Crippen LogP contribution in [-0.4, -0.2) is 0 Å². The molecule has 0 amide bonds. The highest BCUT2D eigenvalue weighted by Crippen LogP contribution is 2.40. The number of hydrogen-bond donors (Lipinski definition) is 0. The maximum absolute atomic E-state index is 8.87. The number of hydrogen-bond acceptors (Lipinski definition) is 0. The summed E-state index contributed by atoms with van der Waals surface area (Å²) in [5.74, 6) is 0.410. The van der Waals surface area contributed by atoms with E-state index in [1.165, 1.54) is 137 Å². The van der Waals surface area contributed by atoms with Crippen LogP contribution in [0.5, 0.6) is 0 Å². The van der Waals surface area contributed by atoms with E-state index in [0.717, 1.165) is 89.6 Å². The first kappa shape index (κ1) is 60.3. The van der Waals surface area contributed by atoms with E-state index in [9.17, 15) is 0 Å². The average molecular weight is 1290 g/mol. The van der Waals surface area contributed by atoms with Gasteiger partial charge in [0.25, 0.3) is 0 Å². The molecule has 0 N–H and O–H groups in total. The molecule has 4 aliphatic carbocycles. The third-order valence-electron chi connectivity index (χ3n) is 21.1. The molecule has 96 heavy (non-hydrogen) atoms. The van der Waals surface area contributed by atoms with Crippen molar-refractivity contribution in [2.75, 3.05) is 0 Å². The van der Waals surface area contributed by atoms with Gasteiger partial charge < -0.3 is 0 Å². The minimum atomic E-state index is -2.20. The molecule has 498 valence electrons. The molecule has 0 radical (unpaired) electrons. The van der Waals surface area contributed by atoms with Gasteiger partial charge in [0.05, 0.1) is 0 Å². The van der Waals surface area contributed by atoms with Gasteiger partial charge in [-0.05, 0) is 230 Å². The molecule has 4 saturated carbocycles. The van der Waals surface area contributed by atoms with Crippen molar-refractivity contribution in [2.45, 2.75) is 202 Å². The van der Waals surface area contributed by atoms with Crippen LogP contribution < -0.4 is 22.8 Å². The molecule has 4 fully saturated rings. The first-order chi connectivity index (χ1) is 49.4. The number of aryl methyl sites for hydroxylation is 15.